The summed E-state index contributed by atoms with van der Waals surface area (Å²) in [6.45, 7) is 5.24. The normalized spacial score (nSPS) is 19.9. The molecule has 2 rings (SSSR count). The lowest BCUT2D eigenvalue weighted by Crippen LogP contribution is -2.44. The zero-order chi connectivity index (χ0) is 14.8. The van der Waals surface area contributed by atoms with E-state index < -0.39 is 10.0 Å². The van der Waals surface area contributed by atoms with Gasteiger partial charge in [-0.2, -0.15) is 4.31 Å². The fraction of sp³-hybridized carbons (Fsp3) is 0.571. The Labute approximate surface area is 126 Å². The summed E-state index contributed by atoms with van der Waals surface area (Å²) in [6.07, 6.45) is 2.12. The fourth-order valence-corrected chi connectivity index (χ4v) is 4.67. The van der Waals surface area contributed by atoms with Crippen molar-refractivity contribution in [1.29, 1.82) is 0 Å². The first-order chi connectivity index (χ1) is 9.43. The number of nitrogens with zero attached hydrogens (tertiary/aromatic N) is 1. The minimum absolute atomic E-state index is 0.0985. The van der Waals surface area contributed by atoms with Gasteiger partial charge in [0.1, 0.15) is 4.90 Å². The van der Waals surface area contributed by atoms with E-state index in [0.29, 0.717) is 6.54 Å². The van der Waals surface area contributed by atoms with Crippen molar-refractivity contribution >= 4 is 21.6 Å². The Morgan fingerprint density at radius 1 is 1.40 bits per heavy atom. The number of benzene rings is 1. The topological polar surface area (TPSA) is 49.4 Å². The maximum atomic E-state index is 12.8. The number of hydrogen-bond donors (Lipinski definition) is 1. The van der Waals surface area contributed by atoms with Crippen molar-refractivity contribution in [3.63, 3.8) is 0 Å². The first kappa shape index (κ1) is 15.8. The van der Waals surface area contributed by atoms with E-state index in [1.165, 1.54) is 4.31 Å². The van der Waals surface area contributed by atoms with Gasteiger partial charge in [-0.25, -0.2) is 8.42 Å². The molecule has 1 aliphatic rings. The molecule has 0 aliphatic carbocycles. The lowest BCUT2D eigenvalue weighted by atomic mass is 10.2. The zero-order valence-corrected chi connectivity index (χ0v) is 13.4. The molecule has 1 unspecified atom stereocenters. The minimum Gasteiger partial charge on any atom is -0.313 e. The van der Waals surface area contributed by atoms with Gasteiger partial charge in [-0.15, -0.1) is 0 Å². The van der Waals surface area contributed by atoms with E-state index in [-0.39, 0.29) is 22.0 Å². The Balaban J connectivity index is 2.30. The first-order valence-corrected chi connectivity index (χ1v) is 8.74. The van der Waals surface area contributed by atoms with E-state index in [2.05, 4.69) is 5.32 Å². The molecule has 0 spiro atoms. The van der Waals surface area contributed by atoms with E-state index in [9.17, 15) is 8.42 Å². The van der Waals surface area contributed by atoms with Crippen LogP contribution in [0.4, 0.5) is 0 Å². The van der Waals surface area contributed by atoms with Crippen molar-refractivity contribution in [2.45, 2.75) is 43.7 Å². The molecule has 6 heteroatoms. The smallest absolute Gasteiger partial charge is 0.244 e. The van der Waals surface area contributed by atoms with E-state index in [1.807, 2.05) is 13.8 Å². The third kappa shape index (κ3) is 3.34. The molecule has 0 aromatic heterocycles. The van der Waals surface area contributed by atoms with Gasteiger partial charge in [0, 0.05) is 18.6 Å². The lowest BCUT2D eigenvalue weighted by molar-refractivity contribution is 0.322. The summed E-state index contributed by atoms with van der Waals surface area (Å²) >= 11 is 6.05. The molecular formula is C14H21ClN2O2S. The Hall–Kier alpha value is -0.620. The molecule has 112 valence electrons. The second-order valence-electron chi connectivity index (χ2n) is 5.39. The SMILES string of the molecule is CC(C)N(CC1CCCN1)S(=O)(=O)c1ccccc1Cl. The molecule has 1 saturated heterocycles. The summed E-state index contributed by atoms with van der Waals surface area (Å²) < 4.78 is 27.1. The zero-order valence-electron chi connectivity index (χ0n) is 11.8. The monoisotopic (exact) mass is 316 g/mol. The van der Waals surface area contributed by atoms with E-state index in [1.54, 1.807) is 24.3 Å². The average Bonchev–Trinajstić information content (AvgIpc) is 2.88. The summed E-state index contributed by atoms with van der Waals surface area (Å²) in [5.41, 5.74) is 0. The summed E-state index contributed by atoms with van der Waals surface area (Å²) in [5.74, 6) is 0. The second-order valence-corrected chi connectivity index (χ2v) is 7.66. The molecule has 0 bridgehead atoms. The van der Waals surface area contributed by atoms with Crippen molar-refractivity contribution < 1.29 is 8.42 Å². The Morgan fingerprint density at radius 2 is 2.10 bits per heavy atom. The van der Waals surface area contributed by atoms with E-state index in [4.69, 9.17) is 11.6 Å². The Kier molecular flexibility index (Phi) is 5.07. The van der Waals surface area contributed by atoms with Crippen LogP contribution in [0.2, 0.25) is 5.02 Å². The van der Waals surface area contributed by atoms with Gasteiger partial charge in [0.05, 0.1) is 5.02 Å². The largest absolute Gasteiger partial charge is 0.313 e. The van der Waals surface area contributed by atoms with Crippen LogP contribution < -0.4 is 5.32 Å². The van der Waals surface area contributed by atoms with Crippen molar-refractivity contribution in [2.24, 2.45) is 0 Å². The van der Waals surface area contributed by atoms with Crippen LogP contribution in [0.1, 0.15) is 26.7 Å². The van der Waals surface area contributed by atoms with Gasteiger partial charge in [0.2, 0.25) is 10.0 Å². The molecule has 0 amide bonds. The van der Waals surface area contributed by atoms with Crippen LogP contribution in [0.15, 0.2) is 29.2 Å². The fourth-order valence-electron chi connectivity index (χ4n) is 2.50. The van der Waals surface area contributed by atoms with Crippen LogP contribution in [-0.4, -0.2) is 37.9 Å². The van der Waals surface area contributed by atoms with Gasteiger partial charge in [-0.1, -0.05) is 23.7 Å². The number of sulfonamides is 1. The molecule has 1 heterocycles. The third-order valence-electron chi connectivity index (χ3n) is 3.56. The lowest BCUT2D eigenvalue weighted by Gasteiger charge is -2.28. The van der Waals surface area contributed by atoms with Crippen molar-refractivity contribution in [3.8, 4) is 0 Å². The van der Waals surface area contributed by atoms with Gasteiger partial charge >= 0.3 is 0 Å². The van der Waals surface area contributed by atoms with Crippen LogP contribution in [0.5, 0.6) is 0 Å². The Morgan fingerprint density at radius 3 is 2.65 bits per heavy atom. The predicted octanol–water partition coefficient (Wildman–Crippen LogP) is 2.49. The molecule has 1 atom stereocenters. The number of rotatable bonds is 5. The summed E-state index contributed by atoms with van der Waals surface area (Å²) in [6, 6.07) is 6.74. The van der Waals surface area contributed by atoms with Crippen molar-refractivity contribution in [1.82, 2.24) is 9.62 Å². The quantitative estimate of drug-likeness (QED) is 0.908. The maximum Gasteiger partial charge on any atom is 0.244 e. The van der Waals surface area contributed by atoms with E-state index in [0.717, 1.165) is 19.4 Å². The summed E-state index contributed by atoms with van der Waals surface area (Å²) in [7, 11) is -3.56. The molecule has 1 aromatic rings. The number of halogens is 1. The number of hydrogen-bond acceptors (Lipinski definition) is 3. The summed E-state index contributed by atoms with van der Waals surface area (Å²) in [5, 5.41) is 3.62. The molecule has 4 nitrogen and oxygen atoms in total. The van der Waals surface area contributed by atoms with Crippen LogP contribution in [-0.2, 0) is 10.0 Å². The van der Waals surface area contributed by atoms with Crippen molar-refractivity contribution in [2.75, 3.05) is 13.1 Å². The average molecular weight is 317 g/mol. The molecule has 1 N–H and O–H groups in total. The van der Waals surface area contributed by atoms with Gasteiger partial charge in [-0.05, 0) is 45.4 Å². The molecule has 1 aliphatic heterocycles. The minimum atomic E-state index is -3.56. The van der Waals surface area contributed by atoms with Gasteiger partial charge in [0.15, 0.2) is 0 Å². The maximum absolute atomic E-state index is 12.8. The van der Waals surface area contributed by atoms with Crippen LogP contribution in [0.25, 0.3) is 0 Å². The van der Waals surface area contributed by atoms with E-state index >= 15 is 0 Å². The predicted molar refractivity (Wildman–Crippen MR) is 81.5 cm³/mol. The highest BCUT2D eigenvalue weighted by Gasteiger charge is 2.31. The molecule has 1 fully saturated rings. The van der Waals surface area contributed by atoms with Crippen molar-refractivity contribution in [3.05, 3.63) is 29.3 Å². The molecular weight excluding hydrogens is 296 g/mol. The first-order valence-electron chi connectivity index (χ1n) is 6.92. The molecule has 0 radical (unpaired) electrons. The van der Waals surface area contributed by atoms with Crippen LogP contribution in [0, 0.1) is 0 Å². The highest BCUT2D eigenvalue weighted by atomic mass is 35.5. The number of nitrogens with one attached hydrogen (secondary N) is 1. The molecule has 1 aromatic carbocycles. The standard InChI is InChI=1S/C14H21ClN2O2S/c1-11(2)17(10-12-6-5-9-16-12)20(18,19)14-8-4-3-7-13(14)15/h3-4,7-8,11-12,16H,5-6,9-10H2,1-2H3. The second kappa shape index (κ2) is 6.43. The highest BCUT2D eigenvalue weighted by Crippen LogP contribution is 2.26. The van der Waals surface area contributed by atoms with Gasteiger partial charge in [-0.3, -0.25) is 0 Å². The third-order valence-corrected chi connectivity index (χ3v) is 6.10. The van der Waals surface area contributed by atoms with Crippen LogP contribution >= 0.6 is 11.6 Å². The summed E-state index contributed by atoms with van der Waals surface area (Å²) in [4.78, 5) is 0.188. The van der Waals surface area contributed by atoms with Gasteiger partial charge in [0.25, 0.3) is 0 Å². The van der Waals surface area contributed by atoms with Crippen LogP contribution in [0.3, 0.4) is 0 Å². The highest BCUT2D eigenvalue weighted by molar-refractivity contribution is 7.89. The van der Waals surface area contributed by atoms with Gasteiger partial charge < -0.3 is 5.32 Å². The Bertz CT molecular complexity index is 554. The molecule has 0 saturated carbocycles. The molecule has 20 heavy (non-hydrogen) atoms.